The van der Waals surface area contributed by atoms with Crippen LogP contribution in [0, 0.1) is 6.92 Å². The summed E-state index contributed by atoms with van der Waals surface area (Å²) in [6.07, 6.45) is 0.863. The number of thiophene rings is 1. The maximum absolute atomic E-state index is 10.6. The van der Waals surface area contributed by atoms with Crippen LogP contribution >= 0.6 is 35.3 Å². The van der Waals surface area contributed by atoms with E-state index in [1.165, 1.54) is 5.56 Å². The molecule has 3 N–H and O–H groups in total. The molecule has 0 radical (unpaired) electrons. The van der Waals surface area contributed by atoms with Crippen LogP contribution in [0.25, 0.3) is 0 Å². The van der Waals surface area contributed by atoms with Crippen LogP contribution in [0.5, 0.6) is 5.75 Å². The molecule has 0 spiro atoms. The maximum atomic E-state index is 10.6. The topological polar surface area (TPSA) is 65.9 Å². The van der Waals surface area contributed by atoms with E-state index in [0.29, 0.717) is 12.5 Å². The summed E-state index contributed by atoms with van der Waals surface area (Å²) < 4.78 is 5.38. The van der Waals surface area contributed by atoms with Crippen LogP contribution in [0.3, 0.4) is 0 Å². The number of benzene rings is 1. The van der Waals surface area contributed by atoms with Crippen LogP contribution in [0.4, 0.5) is 0 Å². The largest absolute Gasteiger partial charge is 0.496 e. The van der Waals surface area contributed by atoms with Crippen molar-refractivity contribution in [2.75, 3.05) is 26.7 Å². The lowest BCUT2D eigenvalue weighted by atomic mass is 10.00. The van der Waals surface area contributed by atoms with Gasteiger partial charge in [0.25, 0.3) is 0 Å². The summed E-state index contributed by atoms with van der Waals surface area (Å²) in [6.45, 7) is 7.68. The molecular weight excluding hydrogens is 473 g/mol. The molecule has 1 heterocycles. The standard InChI is InChI=1S/C20H29N3O2S.HI/c1-5-21-19(23-14-20(3,24)17-9-11-26-13-17)22-10-8-16-7-6-15(2)18(12-16)25-4;/h6-7,9,11-13,24H,5,8,10,14H2,1-4H3,(H2,21,22,23);1H. The summed E-state index contributed by atoms with van der Waals surface area (Å²) >= 11 is 1.58. The van der Waals surface area contributed by atoms with Crippen molar-refractivity contribution < 1.29 is 9.84 Å². The summed E-state index contributed by atoms with van der Waals surface area (Å²) in [5, 5.41) is 21.1. The fraction of sp³-hybridized carbons (Fsp3) is 0.450. The number of hydrogen-bond donors (Lipinski definition) is 3. The zero-order valence-electron chi connectivity index (χ0n) is 16.4. The van der Waals surface area contributed by atoms with E-state index in [1.807, 2.05) is 30.7 Å². The first-order valence-electron chi connectivity index (χ1n) is 8.87. The zero-order chi connectivity index (χ0) is 19.0. The van der Waals surface area contributed by atoms with Crippen molar-refractivity contribution in [3.8, 4) is 5.75 Å². The Kier molecular flexibility index (Phi) is 10.1. The van der Waals surface area contributed by atoms with E-state index >= 15 is 0 Å². The van der Waals surface area contributed by atoms with E-state index in [-0.39, 0.29) is 24.0 Å². The van der Waals surface area contributed by atoms with Crippen LogP contribution in [0.15, 0.2) is 40.0 Å². The minimum Gasteiger partial charge on any atom is -0.496 e. The number of ether oxygens (including phenoxy) is 1. The number of methoxy groups -OCH3 is 1. The second-order valence-corrected chi connectivity index (χ2v) is 7.24. The van der Waals surface area contributed by atoms with E-state index in [2.05, 4.69) is 33.8 Å². The van der Waals surface area contributed by atoms with Crippen molar-refractivity contribution in [1.82, 2.24) is 10.6 Å². The Morgan fingerprint density at radius 1 is 1.30 bits per heavy atom. The molecule has 0 aliphatic carbocycles. The third-order valence-electron chi connectivity index (χ3n) is 4.21. The molecule has 0 aliphatic heterocycles. The fourth-order valence-corrected chi connectivity index (χ4v) is 3.36. The van der Waals surface area contributed by atoms with Crippen LogP contribution in [-0.4, -0.2) is 37.8 Å². The van der Waals surface area contributed by atoms with Gasteiger partial charge in [-0.3, -0.25) is 0 Å². The second kappa shape index (κ2) is 11.5. The van der Waals surface area contributed by atoms with Crippen LogP contribution in [0.1, 0.15) is 30.5 Å². The Morgan fingerprint density at radius 2 is 2.07 bits per heavy atom. The normalized spacial score (nSPS) is 13.4. The average molecular weight is 503 g/mol. The van der Waals surface area contributed by atoms with Crippen LogP contribution < -0.4 is 15.4 Å². The van der Waals surface area contributed by atoms with Crippen molar-refractivity contribution in [3.63, 3.8) is 0 Å². The quantitative estimate of drug-likeness (QED) is 0.292. The van der Waals surface area contributed by atoms with E-state index in [1.54, 1.807) is 25.4 Å². The highest BCUT2D eigenvalue weighted by atomic mass is 127. The molecule has 1 atom stereocenters. The Hall–Kier alpha value is -1.32. The monoisotopic (exact) mass is 503 g/mol. The van der Waals surface area contributed by atoms with Gasteiger partial charge in [-0.25, -0.2) is 4.99 Å². The van der Waals surface area contributed by atoms with Crippen molar-refractivity contribution in [2.45, 2.75) is 32.8 Å². The maximum Gasteiger partial charge on any atom is 0.191 e. The SMILES string of the molecule is CCNC(=NCC(C)(O)c1ccsc1)NCCc1ccc(C)c(OC)c1.I. The molecule has 150 valence electrons. The number of nitrogens with zero attached hydrogens (tertiary/aromatic N) is 1. The van der Waals surface area contributed by atoms with Gasteiger partial charge in [-0.15, -0.1) is 24.0 Å². The van der Waals surface area contributed by atoms with E-state index < -0.39 is 5.60 Å². The number of hydrogen-bond acceptors (Lipinski definition) is 4. The number of nitrogens with one attached hydrogen (secondary N) is 2. The molecule has 7 heteroatoms. The number of halogens is 1. The molecule has 27 heavy (non-hydrogen) atoms. The molecular formula is C20H30IN3O2S. The van der Waals surface area contributed by atoms with Gasteiger partial charge in [0.05, 0.1) is 13.7 Å². The molecule has 2 rings (SSSR count). The Balaban J connectivity index is 0.00000364. The van der Waals surface area contributed by atoms with Gasteiger partial charge in [-0.05, 0) is 66.8 Å². The summed E-state index contributed by atoms with van der Waals surface area (Å²) in [7, 11) is 1.69. The predicted octanol–water partition coefficient (Wildman–Crippen LogP) is 3.69. The van der Waals surface area contributed by atoms with Gasteiger partial charge in [0.2, 0.25) is 0 Å². The fourth-order valence-electron chi connectivity index (χ4n) is 2.58. The molecule has 2 aromatic rings. The lowest BCUT2D eigenvalue weighted by Crippen LogP contribution is -2.39. The van der Waals surface area contributed by atoms with Crippen LogP contribution in [-0.2, 0) is 12.0 Å². The van der Waals surface area contributed by atoms with Crippen molar-refractivity contribution in [1.29, 1.82) is 0 Å². The van der Waals surface area contributed by atoms with Gasteiger partial charge < -0.3 is 20.5 Å². The second-order valence-electron chi connectivity index (χ2n) is 6.46. The molecule has 1 aromatic heterocycles. The van der Waals surface area contributed by atoms with Crippen molar-refractivity contribution in [2.24, 2.45) is 4.99 Å². The first-order valence-corrected chi connectivity index (χ1v) is 9.81. The highest BCUT2D eigenvalue weighted by molar-refractivity contribution is 14.0. The molecule has 0 fully saturated rings. The predicted molar refractivity (Wildman–Crippen MR) is 125 cm³/mol. The smallest absolute Gasteiger partial charge is 0.191 e. The molecule has 1 unspecified atom stereocenters. The van der Waals surface area contributed by atoms with E-state index in [9.17, 15) is 5.11 Å². The number of aliphatic imine (C=N–C) groups is 1. The molecule has 0 saturated heterocycles. The first-order chi connectivity index (χ1) is 12.5. The Labute approximate surface area is 183 Å². The van der Waals surface area contributed by atoms with Gasteiger partial charge in [0.15, 0.2) is 5.96 Å². The van der Waals surface area contributed by atoms with Crippen LogP contribution in [0.2, 0.25) is 0 Å². The minimum atomic E-state index is -0.966. The first kappa shape index (κ1) is 23.7. The average Bonchev–Trinajstić information content (AvgIpc) is 3.17. The van der Waals surface area contributed by atoms with E-state index in [4.69, 9.17) is 4.74 Å². The molecule has 0 saturated carbocycles. The third kappa shape index (κ3) is 7.31. The van der Waals surface area contributed by atoms with E-state index in [0.717, 1.165) is 36.4 Å². The molecule has 5 nitrogen and oxygen atoms in total. The Bertz CT molecular complexity index is 718. The zero-order valence-corrected chi connectivity index (χ0v) is 19.6. The highest BCUT2D eigenvalue weighted by Crippen LogP contribution is 2.23. The number of guanidine groups is 1. The summed E-state index contributed by atoms with van der Waals surface area (Å²) in [4.78, 5) is 4.54. The number of aryl methyl sites for hydroxylation is 1. The minimum absolute atomic E-state index is 0. The molecule has 1 aromatic carbocycles. The number of rotatable bonds is 8. The summed E-state index contributed by atoms with van der Waals surface area (Å²) in [5.74, 6) is 1.62. The highest BCUT2D eigenvalue weighted by Gasteiger charge is 2.23. The molecule has 0 aliphatic rings. The molecule has 0 bridgehead atoms. The van der Waals surface area contributed by atoms with Gasteiger partial charge in [-0.1, -0.05) is 12.1 Å². The number of aliphatic hydroxyl groups is 1. The lowest BCUT2D eigenvalue weighted by molar-refractivity contribution is 0.0677. The van der Waals surface area contributed by atoms with Gasteiger partial charge >= 0.3 is 0 Å². The Morgan fingerprint density at radius 3 is 2.70 bits per heavy atom. The summed E-state index contributed by atoms with van der Waals surface area (Å²) in [5.41, 5.74) is 2.27. The van der Waals surface area contributed by atoms with Crippen molar-refractivity contribution in [3.05, 3.63) is 51.7 Å². The van der Waals surface area contributed by atoms with Gasteiger partial charge in [0.1, 0.15) is 11.4 Å². The van der Waals surface area contributed by atoms with Gasteiger partial charge in [-0.2, -0.15) is 11.3 Å². The third-order valence-corrected chi connectivity index (χ3v) is 4.89. The molecule has 0 amide bonds. The summed E-state index contributed by atoms with van der Waals surface area (Å²) in [6, 6.07) is 8.20. The van der Waals surface area contributed by atoms with Crippen molar-refractivity contribution >= 4 is 41.3 Å². The lowest BCUT2D eigenvalue weighted by Gasteiger charge is -2.21. The van der Waals surface area contributed by atoms with Gasteiger partial charge in [0, 0.05) is 13.1 Å².